The van der Waals surface area contributed by atoms with Crippen molar-refractivity contribution in [2.24, 2.45) is 11.7 Å². The Kier molecular flexibility index (Phi) is 6.37. The number of nitrogens with two attached hydrogens (primary N) is 1. The van der Waals surface area contributed by atoms with Crippen molar-refractivity contribution in [3.63, 3.8) is 0 Å². The van der Waals surface area contributed by atoms with Crippen molar-refractivity contribution in [3.05, 3.63) is 28.2 Å². The molecule has 1 atom stereocenters. The second kappa shape index (κ2) is 7.91. The van der Waals surface area contributed by atoms with E-state index in [4.69, 9.17) is 28.9 Å². The van der Waals surface area contributed by atoms with Crippen LogP contribution in [0.3, 0.4) is 0 Å². The van der Waals surface area contributed by atoms with E-state index in [-0.39, 0.29) is 30.3 Å². The van der Waals surface area contributed by atoms with Gasteiger partial charge in [-0.25, -0.2) is 0 Å². The summed E-state index contributed by atoms with van der Waals surface area (Å²) < 4.78 is 0. The van der Waals surface area contributed by atoms with Gasteiger partial charge in [0.15, 0.2) is 0 Å². The lowest BCUT2D eigenvalue weighted by Crippen LogP contribution is -2.46. The maximum Gasteiger partial charge on any atom is 0.239 e. The third-order valence-electron chi connectivity index (χ3n) is 4.57. The molecular formula is C16H20Cl3N3O2. The van der Waals surface area contributed by atoms with E-state index in [1.165, 1.54) is 0 Å². The predicted octanol–water partition coefficient (Wildman–Crippen LogP) is 2.72. The number of carbonyl (C=O) groups is 2. The zero-order valence-electron chi connectivity index (χ0n) is 13.1. The van der Waals surface area contributed by atoms with E-state index in [0.29, 0.717) is 41.8 Å². The summed E-state index contributed by atoms with van der Waals surface area (Å²) in [6.07, 6.45) is 2.12. The normalized spacial score (nSPS) is 21.8. The van der Waals surface area contributed by atoms with Gasteiger partial charge in [0.1, 0.15) is 5.92 Å². The number of piperidine rings is 1. The summed E-state index contributed by atoms with van der Waals surface area (Å²) in [7, 11) is 0. The Hall–Kier alpha value is -1.01. The Labute approximate surface area is 157 Å². The fourth-order valence-corrected chi connectivity index (χ4v) is 3.45. The van der Waals surface area contributed by atoms with Crippen molar-refractivity contribution in [1.29, 1.82) is 0 Å². The smallest absolute Gasteiger partial charge is 0.239 e. The standard InChI is InChI=1S/C16H19Cl2N3O2.ClH/c17-13-2-1-11(9-14(13)18)21-8-5-12(16(21)23)15(22)20-6-3-10(19)4-7-20;/h1-2,9-10,12H,3-8,19H2;1H. The van der Waals surface area contributed by atoms with E-state index < -0.39 is 5.92 Å². The largest absolute Gasteiger partial charge is 0.342 e. The average Bonchev–Trinajstić information content (AvgIpc) is 2.92. The first-order valence-corrected chi connectivity index (χ1v) is 8.54. The molecule has 2 aliphatic heterocycles. The highest BCUT2D eigenvalue weighted by Crippen LogP contribution is 2.31. The van der Waals surface area contributed by atoms with E-state index >= 15 is 0 Å². The van der Waals surface area contributed by atoms with Crippen LogP contribution >= 0.6 is 35.6 Å². The molecular weight excluding hydrogens is 373 g/mol. The molecule has 2 N–H and O–H groups in total. The number of halogens is 3. The minimum absolute atomic E-state index is 0. The summed E-state index contributed by atoms with van der Waals surface area (Å²) >= 11 is 11.9. The van der Waals surface area contributed by atoms with Gasteiger partial charge in [0.05, 0.1) is 10.0 Å². The first-order valence-electron chi connectivity index (χ1n) is 7.78. The zero-order chi connectivity index (χ0) is 16.6. The molecule has 0 aliphatic carbocycles. The highest BCUT2D eigenvalue weighted by molar-refractivity contribution is 6.42. The van der Waals surface area contributed by atoms with Crippen molar-refractivity contribution in [3.8, 4) is 0 Å². The quantitative estimate of drug-likeness (QED) is 0.787. The fourth-order valence-electron chi connectivity index (χ4n) is 3.16. The zero-order valence-corrected chi connectivity index (χ0v) is 15.4. The van der Waals surface area contributed by atoms with Crippen molar-refractivity contribution in [2.45, 2.75) is 25.3 Å². The molecule has 3 rings (SSSR count). The van der Waals surface area contributed by atoms with Gasteiger partial charge in [-0.1, -0.05) is 23.2 Å². The Bertz CT molecular complexity index is 633. The second-order valence-electron chi connectivity index (χ2n) is 6.09. The van der Waals surface area contributed by atoms with Crippen molar-refractivity contribution in [1.82, 2.24) is 4.90 Å². The van der Waals surface area contributed by atoms with Gasteiger partial charge in [0.25, 0.3) is 0 Å². The van der Waals surface area contributed by atoms with Crippen molar-refractivity contribution in [2.75, 3.05) is 24.5 Å². The molecule has 2 aliphatic rings. The minimum Gasteiger partial charge on any atom is -0.342 e. The van der Waals surface area contributed by atoms with Crippen molar-refractivity contribution < 1.29 is 9.59 Å². The van der Waals surface area contributed by atoms with Gasteiger partial charge < -0.3 is 15.5 Å². The summed E-state index contributed by atoms with van der Waals surface area (Å²) in [4.78, 5) is 28.6. The van der Waals surface area contributed by atoms with Crippen LogP contribution in [0.4, 0.5) is 5.69 Å². The van der Waals surface area contributed by atoms with Crippen LogP contribution in [0.5, 0.6) is 0 Å². The summed E-state index contributed by atoms with van der Waals surface area (Å²) in [5.74, 6) is -0.841. The molecule has 8 heteroatoms. The van der Waals surface area contributed by atoms with Gasteiger partial charge in [-0.05, 0) is 37.5 Å². The molecule has 2 saturated heterocycles. The highest BCUT2D eigenvalue weighted by atomic mass is 35.5. The Morgan fingerprint density at radius 2 is 1.75 bits per heavy atom. The fraction of sp³-hybridized carbons (Fsp3) is 0.500. The van der Waals surface area contributed by atoms with Crippen LogP contribution in [0.15, 0.2) is 18.2 Å². The molecule has 132 valence electrons. The summed E-state index contributed by atoms with van der Waals surface area (Å²) in [5.41, 5.74) is 6.55. The van der Waals surface area contributed by atoms with Crippen LogP contribution in [0.2, 0.25) is 10.0 Å². The second-order valence-corrected chi connectivity index (χ2v) is 6.91. The van der Waals surface area contributed by atoms with E-state index in [1.54, 1.807) is 28.0 Å². The summed E-state index contributed by atoms with van der Waals surface area (Å²) in [6.45, 7) is 1.79. The number of hydrogen-bond acceptors (Lipinski definition) is 3. The number of amides is 2. The van der Waals surface area contributed by atoms with Crippen LogP contribution in [-0.2, 0) is 9.59 Å². The van der Waals surface area contributed by atoms with E-state index in [1.807, 2.05) is 0 Å². The molecule has 1 unspecified atom stereocenters. The van der Waals surface area contributed by atoms with Crippen molar-refractivity contribution >= 4 is 53.1 Å². The lowest BCUT2D eigenvalue weighted by atomic mass is 10.0. The number of hydrogen-bond donors (Lipinski definition) is 1. The first kappa shape index (κ1) is 19.3. The molecule has 24 heavy (non-hydrogen) atoms. The van der Waals surface area contributed by atoms with Gasteiger partial charge in [0.2, 0.25) is 11.8 Å². The molecule has 0 radical (unpaired) electrons. The van der Waals surface area contributed by atoms with Crippen LogP contribution in [0, 0.1) is 5.92 Å². The molecule has 2 amide bonds. The van der Waals surface area contributed by atoms with Gasteiger partial charge in [0, 0.05) is 31.4 Å². The monoisotopic (exact) mass is 391 g/mol. The van der Waals surface area contributed by atoms with Gasteiger partial charge in [-0.2, -0.15) is 0 Å². The maximum absolute atomic E-state index is 12.6. The number of benzene rings is 1. The lowest BCUT2D eigenvalue weighted by molar-refractivity contribution is -0.140. The summed E-state index contributed by atoms with van der Waals surface area (Å²) in [6, 6.07) is 5.23. The van der Waals surface area contributed by atoms with Gasteiger partial charge in [-0.3, -0.25) is 9.59 Å². The Morgan fingerprint density at radius 1 is 1.08 bits per heavy atom. The van der Waals surface area contributed by atoms with Crippen LogP contribution in [-0.4, -0.2) is 42.4 Å². The molecule has 5 nitrogen and oxygen atoms in total. The maximum atomic E-state index is 12.6. The molecule has 0 aromatic heterocycles. The number of anilines is 1. The number of carbonyl (C=O) groups excluding carboxylic acids is 2. The minimum atomic E-state index is -0.598. The molecule has 1 aromatic carbocycles. The Balaban J connectivity index is 0.00000208. The highest BCUT2D eigenvalue weighted by Gasteiger charge is 2.40. The topological polar surface area (TPSA) is 66.6 Å². The number of rotatable bonds is 2. The molecule has 1 aromatic rings. The average molecular weight is 393 g/mol. The number of nitrogens with zero attached hydrogens (tertiary/aromatic N) is 2. The summed E-state index contributed by atoms with van der Waals surface area (Å²) in [5, 5.41) is 0.844. The van der Waals surface area contributed by atoms with Gasteiger partial charge in [-0.15, -0.1) is 12.4 Å². The molecule has 2 heterocycles. The van der Waals surface area contributed by atoms with Crippen LogP contribution in [0.1, 0.15) is 19.3 Å². The van der Waals surface area contributed by atoms with Crippen LogP contribution in [0.25, 0.3) is 0 Å². The lowest BCUT2D eigenvalue weighted by Gasteiger charge is -2.31. The third kappa shape index (κ3) is 3.80. The SMILES string of the molecule is Cl.NC1CCN(C(=O)C2CCN(c3ccc(Cl)c(Cl)c3)C2=O)CC1. The van der Waals surface area contributed by atoms with E-state index in [9.17, 15) is 9.59 Å². The number of likely N-dealkylation sites (tertiary alicyclic amines) is 1. The Morgan fingerprint density at radius 3 is 2.38 bits per heavy atom. The molecule has 2 fully saturated rings. The van der Waals surface area contributed by atoms with E-state index in [0.717, 1.165) is 12.8 Å². The molecule has 0 bridgehead atoms. The van der Waals surface area contributed by atoms with Gasteiger partial charge >= 0.3 is 0 Å². The van der Waals surface area contributed by atoms with E-state index in [2.05, 4.69) is 0 Å². The third-order valence-corrected chi connectivity index (χ3v) is 5.31. The molecule has 0 saturated carbocycles. The first-order chi connectivity index (χ1) is 11.0. The van der Waals surface area contributed by atoms with Crippen LogP contribution < -0.4 is 10.6 Å². The predicted molar refractivity (Wildman–Crippen MR) is 98.0 cm³/mol. The molecule has 0 spiro atoms.